The molecule has 0 radical (unpaired) electrons. The molecule has 1 aromatic carbocycles. The number of halogens is 5. The number of nitro benzene ring substituents is 1. The average molecular weight is 318 g/mol. The quantitative estimate of drug-likeness (QED) is 0.468. The first-order valence-corrected chi connectivity index (χ1v) is 5.20. The van der Waals surface area contributed by atoms with Crippen molar-refractivity contribution in [2.75, 3.05) is 0 Å². The van der Waals surface area contributed by atoms with Crippen LogP contribution in [0.2, 0.25) is 0 Å². The molecule has 0 saturated heterocycles. The van der Waals surface area contributed by atoms with E-state index in [1.54, 1.807) is 0 Å². The van der Waals surface area contributed by atoms with E-state index >= 15 is 0 Å². The molecular formula is C8H4BrClF3NO2. The second kappa shape index (κ2) is 4.58. The number of hydrogen-bond acceptors (Lipinski definition) is 2. The van der Waals surface area contributed by atoms with E-state index in [1.165, 1.54) is 0 Å². The fraction of sp³-hybridized carbons (Fsp3) is 0.250. The van der Waals surface area contributed by atoms with E-state index in [0.717, 1.165) is 12.1 Å². The average Bonchev–Trinajstić information content (AvgIpc) is 2.14. The van der Waals surface area contributed by atoms with E-state index in [1.807, 2.05) is 0 Å². The summed E-state index contributed by atoms with van der Waals surface area (Å²) in [6, 6.07) is 1.76. The molecule has 3 nitrogen and oxygen atoms in total. The van der Waals surface area contributed by atoms with E-state index < -0.39 is 33.8 Å². The van der Waals surface area contributed by atoms with Gasteiger partial charge >= 0.3 is 6.18 Å². The minimum Gasteiger partial charge on any atom is -0.258 e. The van der Waals surface area contributed by atoms with E-state index in [4.69, 9.17) is 11.6 Å². The number of rotatable bonds is 2. The highest BCUT2D eigenvalue weighted by atomic mass is 79.9. The minimum atomic E-state index is -4.67. The summed E-state index contributed by atoms with van der Waals surface area (Å²) < 4.78 is 37.7. The third kappa shape index (κ3) is 2.65. The molecule has 0 aromatic heterocycles. The van der Waals surface area contributed by atoms with Gasteiger partial charge in [0, 0.05) is 10.5 Å². The number of benzene rings is 1. The Morgan fingerprint density at radius 3 is 2.38 bits per heavy atom. The first-order valence-electron chi connectivity index (χ1n) is 3.87. The molecule has 0 heterocycles. The van der Waals surface area contributed by atoms with Gasteiger partial charge in [-0.25, -0.2) is 0 Å². The van der Waals surface area contributed by atoms with Crippen LogP contribution in [0.4, 0.5) is 18.9 Å². The van der Waals surface area contributed by atoms with Crippen molar-refractivity contribution in [2.45, 2.75) is 12.1 Å². The van der Waals surface area contributed by atoms with Crippen LogP contribution >= 0.6 is 27.5 Å². The van der Waals surface area contributed by atoms with Crippen LogP contribution in [-0.2, 0) is 12.1 Å². The zero-order valence-corrected chi connectivity index (χ0v) is 9.86. The molecule has 0 N–H and O–H groups in total. The summed E-state index contributed by atoms with van der Waals surface area (Å²) in [7, 11) is 0. The Morgan fingerprint density at radius 2 is 2.00 bits per heavy atom. The standard InChI is InChI=1S/C8H4BrClF3NO2/c9-4-1-6(8(11,12)13)5(3-10)7(2-4)14(15)16/h1-2H,3H2. The Hall–Kier alpha value is -0.820. The van der Waals surface area contributed by atoms with Gasteiger partial charge < -0.3 is 0 Å². The van der Waals surface area contributed by atoms with Crippen LogP contribution in [0.25, 0.3) is 0 Å². The first kappa shape index (κ1) is 13.2. The molecule has 88 valence electrons. The van der Waals surface area contributed by atoms with Crippen molar-refractivity contribution in [3.8, 4) is 0 Å². The molecule has 0 bridgehead atoms. The normalized spacial score (nSPS) is 11.6. The van der Waals surface area contributed by atoms with Crippen molar-refractivity contribution in [3.63, 3.8) is 0 Å². The summed E-state index contributed by atoms with van der Waals surface area (Å²) in [5.41, 5.74) is -2.26. The Kier molecular flexibility index (Phi) is 3.80. The molecule has 0 saturated carbocycles. The van der Waals surface area contributed by atoms with E-state index in [9.17, 15) is 23.3 Å². The van der Waals surface area contributed by atoms with Gasteiger partial charge in [0.2, 0.25) is 0 Å². The Labute approximate surface area is 101 Å². The van der Waals surface area contributed by atoms with Gasteiger partial charge in [-0.3, -0.25) is 10.1 Å². The number of alkyl halides is 4. The summed E-state index contributed by atoms with van der Waals surface area (Å²) in [5, 5.41) is 10.6. The lowest BCUT2D eigenvalue weighted by atomic mass is 10.1. The SMILES string of the molecule is O=[N+]([O-])c1cc(Br)cc(C(F)(F)F)c1CCl. The summed E-state index contributed by atoms with van der Waals surface area (Å²) in [6.07, 6.45) is -4.67. The third-order valence-corrected chi connectivity index (χ3v) is 2.55. The van der Waals surface area contributed by atoms with Crippen LogP contribution in [0.3, 0.4) is 0 Å². The highest BCUT2D eigenvalue weighted by Crippen LogP contribution is 2.38. The molecule has 0 aliphatic heterocycles. The Bertz CT molecular complexity index is 436. The maximum absolute atomic E-state index is 12.6. The van der Waals surface area contributed by atoms with E-state index in [2.05, 4.69) is 15.9 Å². The largest absolute Gasteiger partial charge is 0.417 e. The van der Waals surface area contributed by atoms with E-state index in [0.29, 0.717) is 0 Å². The molecule has 0 unspecified atom stereocenters. The van der Waals surface area contributed by atoms with Gasteiger partial charge in [0.15, 0.2) is 0 Å². The van der Waals surface area contributed by atoms with Crippen LogP contribution in [-0.4, -0.2) is 4.92 Å². The van der Waals surface area contributed by atoms with Crippen molar-refractivity contribution < 1.29 is 18.1 Å². The van der Waals surface area contributed by atoms with Gasteiger partial charge in [0.05, 0.1) is 21.9 Å². The molecule has 16 heavy (non-hydrogen) atoms. The van der Waals surface area contributed by atoms with Gasteiger partial charge in [0.1, 0.15) is 0 Å². The summed E-state index contributed by atoms with van der Waals surface area (Å²) in [4.78, 5) is 9.68. The molecule has 0 amide bonds. The highest BCUT2D eigenvalue weighted by Gasteiger charge is 2.36. The van der Waals surface area contributed by atoms with Gasteiger partial charge in [-0.05, 0) is 6.07 Å². The monoisotopic (exact) mass is 317 g/mol. The van der Waals surface area contributed by atoms with Crippen LogP contribution in [0.1, 0.15) is 11.1 Å². The molecule has 0 spiro atoms. The maximum atomic E-state index is 12.6. The lowest BCUT2D eigenvalue weighted by Crippen LogP contribution is -2.10. The molecule has 0 aliphatic rings. The lowest BCUT2D eigenvalue weighted by molar-refractivity contribution is -0.385. The second-order valence-electron chi connectivity index (χ2n) is 2.84. The van der Waals surface area contributed by atoms with Crippen LogP contribution in [0.5, 0.6) is 0 Å². The number of nitro groups is 1. The van der Waals surface area contributed by atoms with Gasteiger partial charge in [-0.15, -0.1) is 11.6 Å². The maximum Gasteiger partial charge on any atom is 0.417 e. The summed E-state index contributed by atoms with van der Waals surface area (Å²) in [6.45, 7) is 0. The molecule has 0 aliphatic carbocycles. The van der Waals surface area contributed by atoms with Gasteiger partial charge in [-0.1, -0.05) is 15.9 Å². The van der Waals surface area contributed by atoms with Crippen LogP contribution in [0, 0.1) is 10.1 Å². The Morgan fingerprint density at radius 1 is 1.44 bits per heavy atom. The molecule has 0 atom stereocenters. The molecule has 0 fully saturated rings. The minimum absolute atomic E-state index is 0.0135. The lowest BCUT2D eigenvalue weighted by Gasteiger charge is -2.11. The fourth-order valence-electron chi connectivity index (χ4n) is 1.18. The summed E-state index contributed by atoms with van der Waals surface area (Å²) in [5.74, 6) is -0.571. The zero-order valence-electron chi connectivity index (χ0n) is 7.52. The van der Waals surface area contributed by atoms with Crippen molar-refractivity contribution in [2.24, 2.45) is 0 Å². The second-order valence-corrected chi connectivity index (χ2v) is 4.02. The zero-order chi connectivity index (χ0) is 12.5. The number of hydrogen-bond donors (Lipinski definition) is 0. The third-order valence-electron chi connectivity index (χ3n) is 1.83. The van der Waals surface area contributed by atoms with Crippen molar-refractivity contribution in [1.82, 2.24) is 0 Å². The van der Waals surface area contributed by atoms with Gasteiger partial charge in [-0.2, -0.15) is 13.2 Å². The van der Waals surface area contributed by atoms with E-state index in [-0.39, 0.29) is 4.47 Å². The Balaban J connectivity index is 3.55. The topological polar surface area (TPSA) is 43.1 Å². The molecule has 8 heteroatoms. The van der Waals surface area contributed by atoms with Crippen molar-refractivity contribution in [3.05, 3.63) is 37.8 Å². The van der Waals surface area contributed by atoms with Crippen molar-refractivity contribution in [1.29, 1.82) is 0 Å². The predicted octanol–water partition coefficient (Wildman–Crippen LogP) is 4.11. The summed E-state index contributed by atoms with van der Waals surface area (Å²) >= 11 is 8.11. The smallest absolute Gasteiger partial charge is 0.258 e. The number of nitrogens with zero attached hydrogens (tertiary/aromatic N) is 1. The predicted molar refractivity (Wildman–Crippen MR) is 55.4 cm³/mol. The highest BCUT2D eigenvalue weighted by molar-refractivity contribution is 9.10. The molecule has 1 rings (SSSR count). The van der Waals surface area contributed by atoms with Crippen LogP contribution < -0.4 is 0 Å². The first-order chi connectivity index (χ1) is 7.27. The van der Waals surface area contributed by atoms with Crippen LogP contribution in [0.15, 0.2) is 16.6 Å². The van der Waals surface area contributed by atoms with Gasteiger partial charge in [0.25, 0.3) is 5.69 Å². The molecule has 1 aromatic rings. The van der Waals surface area contributed by atoms with Crippen molar-refractivity contribution >= 4 is 33.2 Å². The molecular weight excluding hydrogens is 314 g/mol. The fourth-order valence-corrected chi connectivity index (χ4v) is 1.91.